The van der Waals surface area contributed by atoms with E-state index >= 15 is 0 Å². The van der Waals surface area contributed by atoms with Gasteiger partial charge in [-0.05, 0) is 12.5 Å². The van der Waals surface area contributed by atoms with E-state index in [9.17, 15) is 0 Å². The minimum atomic E-state index is 0.621. The predicted octanol–water partition coefficient (Wildman–Crippen LogP) is 1.22. The van der Waals surface area contributed by atoms with Crippen LogP contribution in [0.25, 0.3) is 10.9 Å². The van der Waals surface area contributed by atoms with Crippen LogP contribution in [-0.2, 0) is 0 Å². The van der Waals surface area contributed by atoms with Gasteiger partial charge in [0.1, 0.15) is 17.5 Å². The Morgan fingerprint density at radius 1 is 1.27 bits per heavy atom. The third kappa shape index (κ3) is 1.36. The second-order valence-electron chi connectivity index (χ2n) is 3.36. The Balaban J connectivity index is 2.32. The van der Waals surface area contributed by atoms with Crippen LogP contribution in [0.15, 0.2) is 18.6 Å². The number of aromatic nitrogens is 3. The van der Waals surface area contributed by atoms with Gasteiger partial charge in [-0.3, -0.25) is 0 Å². The van der Waals surface area contributed by atoms with E-state index in [-0.39, 0.29) is 0 Å². The molecule has 1 aliphatic heterocycles. The number of nitrogens with zero attached hydrogens (tertiary/aromatic N) is 3. The van der Waals surface area contributed by atoms with Gasteiger partial charge >= 0.3 is 0 Å². The van der Waals surface area contributed by atoms with Gasteiger partial charge in [-0.2, -0.15) is 0 Å². The minimum absolute atomic E-state index is 0.621. The van der Waals surface area contributed by atoms with Crippen molar-refractivity contribution in [2.75, 3.05) is 18.5 Å². The van der Waals surface area contributed by atoms with Crippen LogP contribution in [0.5, 0.6) is 5.88 Å². The van der Waals surface area contributed by atoms with E-state index in [1.807, 2.05) is 6.07 Å². The van der Waals surface area contributed by atoms with Crippen LogP contribution in [0.1, 0.15) is 6.42 Å². The molecule has 76 valence electrons. The Labute approximate surface area is 86.5 Å². The van der Waals surface area contributed by atoms with Gasteiger partial charge in [0.05, 0.1) is 12.1 Å². The summed E-state index contributed by atoms with van der Waals surface area (Å²) in [6, 6.07) is 1.86. The highest BCUT2D eigenvalue weighted by atomic mass is 16.5. The first kappa shape index (κ1) is 8.40. The first-order chi connectivity index (χ1) is 7.45. The third-order valence-corrected chi connectivity index (χ3v) is 2.37. The van der Waals surface area contributed by atoms with Gasteiger partial charge in [-0.25, -0.2) is 15.0 Å². The quantitative estimate of drug-likeness (QED) is 0.696. The minimum Gasteiger partial charge on any atom is -0.477 e. The lowest BCUT2D eigenvalue weighted by molar-refractivity contribution is 0.305. The Kier molecular flexibility index (Phi) is 1.87. The van der Waals surface area contributed by atoms with Crippen LogP contribution in [0.4, 0.5) is 5.82 Å². The molecule has 15 heavy (non-hydrogen) atoms. The fourth-order valence-electron chi connectivity index (χ4n) is 1.67. The molecule has 0 radical (unpaired) electrons. The van der Waals surface area contributed by atoms with Crippen molar-refractivity contribution in [2.45, 2.75) is 6.42 Å². The van der Waals surface area contributed by atoms with Crippen LogP contribution < -0.4 is 10.1 Å². The lowest BCUT2D eigenvalue weighted by atomic mass is 10.2. The first-order valence-electron chi connectivity index (χ1n) is 4.91. The lowest BCUT2D eigenvalue weighted by Gasteiger charge is -2.14. The maximum Gasteiger partial charge on any atom is 0.226 e. The summed E-state index contributed by atoms with van der Waals surface area (Å²) in [5.41, 5.74) is 0.861. The number of rotatable bonds is 0. The fourth-order valence-corrected chi connectivity index (χ4v) is 1.67. The van der Waals surface area contributed by atoms with Gasteiger partial charge in [-0.15, -0.1) is 0 Å². The number of pyridine rings is 1. The van der Waals surface area contributed by atoms with Crippen molar-refractivity contribution in [1.82, 2.24) is 15.0 Å². The Bertz CT molecular complexity index is 459. The number of anilines is 1. The molecule has 0 amide bonds. The molecule has 0 atom stereocenters. The summed E-state index contributed by atoms with van der Waals surface area (Å²) in [6.07, 6.45) is 4.20. The average molecular weight is 202 g/mol. The number of hydrogen-bond acceptors (Lipinski definition) is 5. The third-order valence-electron chi connectivity index (χ3n) is 2.37. The molecule has 0 unspecified atom stereocenters. The maximum absolute atomic E-state index is 5.57. The van der Waals surface area contributed by atoms with Crippen molar-refractivity contribution >= 4 is 16.7 Å². The number of ether oxygens (including phenoxy) is 1. The molecule has 0 fully saturated rings. The van der Waals surface area contributed by atoms with Crippen LogP contribution in [0.2, 0.25) is 0 Å². The highest BCUT2D eigenvalue weighted by Gasteiger charge is 2.12. The average Bonchev–Trinajstić information content (AvgIpc) is 2.25. The zero-order valence-corrected chi connectivity index (χ0v) is 8.10. The molecule has 2 aromatic heterocycles. The second-order valence-corrected chi connectivity index (χ2v) is 3.36. The second kappa shape index (κ2) is 3.34. The Hall–Kier alpha value is -1.91. The van der Waals surface area contributed by atoms with E-state index in [1.165, 1.54) is 0 Å². The summed E-state index contributed by atoms with van der Waals surface area (Å²) in [6.45, 7) is 1.54. The van der Waals surface area contributed by atoms with Crippen molar-refractivity contribution < 1.29 is 4.74 Å². The molecule has 3 heterocycles. The molecule has 0 saturated carbocycles. The summed E-state index contributed by atoms with van der Waals surface area (Å²) in [7, 11) is 0. The lowest BCUT2D eigenvalue weighted by Crippen LogP contribution is -2.13. The maximum atomic E-state index is 5.57. The summed E-state index contributed by atoms with van der Waals surface area (Å²) in [4.78, 5) is 12.6. The van der Waals surface area contributed by atoms with Crippen LogP contribution >= 0.6 is 0 Å². The zero-order chi connectivity index (χ0) is 10.1. The highest BCUT2D eigenvalue weighted by Crippen LogP contribution is 2.28. The summed E-state index contributed by atoms with van der Waals surface area (Å²) < 4.78 is 5.57. The monoisotopic (exact) mass is 202 g/mol. The van der Waals surface area contributed by atoms with Crippen molar-refractivity contribution in [2.24, 2.45) is 0 Å². The largest absolute Gasteiger partial charge is 0.477 e. The van der Waals surface area contributed by atoms with E-state index in [1.54, 1.807) is 12.5 Å². The van der Waals surface area contributed by atoms with Crippen LogP contribution in [-0.4, -0.2) is 28.1 Å². The zero-order valence-electron chi connectivity index (χ0n) is 8.10. The summed E-state index contributed by atoms with van der Waals surface area (Å²) in [5.74, 6) is 1.43. The van der Waals surface area contributed by atoms with E-state index in [2.05, 4.69) is 20.3 Å². The van der Waals surface area contributed by atoms with E-state index in [0.29, 0.717) is 12.5 Å². The van der Waals surface area contributed by atoms with Crippen molar-refractivity contribution in [1.29, 1.82) is 0 Å². The van der Waals surface area contributed by atoms with Gasteiger partial charge in [0.25, 0.3) is 0 Å². The van der Waals surface area contributed by atoms with Gasteiger partial charge < -0.3 is 10.1 Å². The number of nitrogens with one attached hydrogen (secondary N) is 1. The molecule has 3 rings (SSSR count). The molecule has 2 aromatic rings. The molecule has 0 spiro atoms. The molecule has 0 bridgehead atoms. The van der Waals surface area contributed by atoms with Gasteiger partial charge in [0.2, 0.25) is 5.88 Å². The first-order valence-corrected chi connectivity index (χ1v) is 4.91. The molecule has 5 heteroatoms. The SMILES string of the molecule is c1cc2ncnc3c2c(n1)OCCCN3. The Morgan fingerprint density at radius 3 is 3.27 bits per heavy atom. The molecule has 5 nitrogen and oxygen atoms in total. The van der Waals surface area contributed by atoms with Gasteiger partial charge in [0.15, 0.2) is 0 Å². The van der Waals surface area contributed by atoms with Gasteiger partial charge in [-0.1, -0.05) is 0 Å². The smallest absolute Gasteiger partial charge is 0.226 e. The molecule has 0 aromatic carbocycles. The number of hydrogen-bond donors (Lipinski definition) is 1. The highest BCUT2D eigenvalue weighted by molar-refractivity contribution is 5.93. The molecule has 1 N–H and O–H groups in total. The van der Waals surface area contributed by atoms with Gasteiger partial charge in [0, 0.05) is 12.7 Å². The van der Waals surface area contributed by atoms with E-state index in [4.69, 9.17) is 4.74 Å². The van der Waals surface area contributed by atoms with Crippen molar-refractivity contribution in [3.63, 3.8) is 0 Å². The normalized spacial score (nSPS) is 14.9. The molecule has 0 aliphatic carbocycles. The van der Waals surface area contributed by atoms with E-state index in [0.717, 1.165) is 29.7 Å². The topological polar surface area (TPSA) is 59.9 Å². The Morgan fingerprint density at radius 2 is 2.27 bits per heavy atom. The summed E-state index contributed by atoms with van der Waals surface area (Å²) >= 11 is 0. The van der Waals surface area contributed by atoms with Crippen LogP contribution in [0.3, 0.4) is 0 Å². The molecular weight excluding hydrogens is 192 g/mol. The standard InChI is InChI=1S/C10H10N4O/c1-3-11-9-8-7(13-6-14-9)2-4-12-10(8)15-5-1/h2,4,6H,1,3,5H2,(H,11,13,14). The van der Waals surface area contributed by atoms with Crippen molar-refractivity contribution in [3.8, 4) is 5.88 Å². The molecular formula is C10H10N4O. The summed E-state index contributed by atoms with van der Waals surface area (Å²) in [5, 5.41) is 4.13. The van der Waals surface area contributed by atoms with E-state index < -0.39 is 0 Å². The van der Waals surface area contributed by atoms with Crippen LogP contribution in [0, 0.1) is 0 Å². The predicted molar refractivity (Wildman–Crippen MR) is 55.9 cm³/mol. The fraction of sp³-hybridized carbons (Fsp3) is 0.300. The molecule has 1 aliphatic rings. The molecule has 0 saturated heterocycles. The van der Waals surface area contributed by atoms with Crippen molar-refractivity contribution in [3.05, 3.63) is 18.6 Å².